The van der Waals surface area contributed by atoms with E-state index in [0.717, 1.165) is 39.0 Å². The molecule has 1 aliphatic heterocycles. The minimum atomic E-state index is -0.399. The Morgan fingerprint density at radius 3 is 2.05 bits per heavy atom. The summed E-state index contributed by atoms with van der Waals surface area (Å²) in [6.45, 7) is 2.01. The van der Waals surface area contributed by atoms with Gasteiger partial charge in [-0.15, -0.1) is 0 Å². The Hall–Kier alpha value is -5.09. The Labute approximate surface area is 227 Å². The highest BCUT2D eigenvalue weighted by Crippen LogP contribution is 2.34. The van der Waals surface area contributed by atoms with Crippen LogP contribution >= 0.6 is 0 Å². The van der Waals surface area contributed by atoms with Crippen molar-refractivity contribution in [2.45, 2.75) is 13.1 Å². The van der Waals surface area contributed by atoms with Gasteiger partial charge in [0.2, 0.25) is 0 Å². The second-order valence-corrected chi connectivity index (χ2v) is 9.80. The summed E-state index contributed by atoms with van der Waals surface area (Å²) in [5, 5.41) is 9.78. The van der Waals surface area contributed by atoms with E-state index in [2.05, 4.69) is 103 Å². The summed E-state index contributed by atoms with van der Waals surface area (Å²) in [6.07, 6.45) is -0.399. The van der Waals surface area contributed by atoms with Crippen LogP contribution in [0.3, 0.4) is 0 Å². The van der Waals surface area contributed by atoms with Gasteiger partial charge in [-0.3, -0.25) is 9.98 Å². The van der Waals surface area contributed by atoms with Crippen molar-refractivity contribution in [1.82, 2.24) is 4.98 Å². The van der Waals surface area contributed by atoms with Crippen LogP contribution in [0.25, 0.3) is 38.1 Å². The second-order valence-electron chi connectivity index (χ2n) is 9.80. The summed E-state index contributed by atoms with van der Waals surface area (Å²) in [6, 6.07) is 43.9. The number of rotatable bonds is 4. The fourth-order valence-corrected chi connectivity index (χ4v) is 5.06. The van der Waals surface area contributed by atoms with E-state index in [1.807, 2.05) is 31.2 Å². The van der Waals surface area contributed by atoms with Gasteiger partial charge in [-0.05, 0) is 75.5 Å². The van der Waals surface area contributed by atoms with Gasteiger partial charge in [-0.2, -0.15) is 0 Å². The number of hydrogen-bond donors (Lipinski definition) is 0. The number of hydrogen-bond acceptors (Lipinski definition) is 3. The highest BCUT2D eigenvalue weighted by molar-refractivity contribution is 6.19. The van der Waals surface area contributed by atoms with E-state index in [0.29, 0.717) is 11.7 Å². The third-order valence-electron chi connectivity index (χ3n) is 7.09. The third-order valence-corrected chi connectivity index (χ3v) is 7.09. The molecule has 1 atom stereocenters. The van der Waals surface area contributed by atoms with Crippen molar-refractivity contribution >= 4 is 33.2 Å². The minimum absolute atomic E-state index is 0.399. The van der Waals surface area contributed by atoms with Crippen LogP contribution in [0.15, 0.2) is 137 Å². The van der Waals surface area contributed by atoms with Crippen molar-refractivity contribution in [1.29, 1.82) is 0 Å². The molecule has 186 valence electrons. The van der Waals surface area contributed by atoms with Crippen molar-refractivity contribution in [2.24, 2.45) is 9.98 Å². The van der Waals surface area contributed by atoms with Gasteiger partial charge in [-0.25, -0.2) is 0 Å². The van der Waals surface area contributed by atoms with E-state index in [1.54, 1.807) is 0 Å². The third kappa shape index (κ3) is 4.57. The minimum Gasteiger partial charge on any atom is -0.438 e. The molecule has 4 heteroatoms. The Morgan fingerprint density at radius 1 is 0.564 bits per heavy atom. The first-order valence-corrected chi connectivity index (χ1v) is 13.1. The van der Waals surface area contributed by atoms with Crippen molar-refractivity contribution in [3.63, 3.8) is 0 Å². The topological polar surface area (TPSA) is 51.7 Å². The molecule has 0 radical (unpaired) electrons. The average molecular weight is 502 g/mol. The van der Waals surface area contributed by atoms with Gasteiger partial charge in [0, 0.05) is 11.3 Å². The molecule has 6 aromatic rings. The first-order valence-electron chi connectivity index (χ1n) is 13.1. The Morgan fingerprint density at radius 2 is 1.26 bits per heavy atom. The van der Waals surface area contributed by atoms with Crippen LogP contribution in [0.4, 0.5) is 0 Å². The number of nitrogens with zero attached hydrogens (tertiary/aromatic N) is 4. The number of aryl methyl sites for hydroxylation is 1. The smallest absolute Gasteiger partial charge is 0.0822 e. The van der Waals surface area contributed by atoms with Gasteiger partial charge >= 0.3 is 0 Å². The Balaban J connectivity index is 1.34. The zero-order chi connectivity index (χ0) is 26.2. The Bertz CT molecular complexity index is 1920. The Kier molecular flexibility index (Phi) is 5.71. The zero-order valence-electron chi connectivity index (χ0n) is 21.5. The SMILES string of the molecule is Cc1cccc(-c2cccc(C3=NC(c4ccc5ccccc5c4)=NC(c4ccc5ccccc5c4)[N-]3)c2)n1. The van der Waals surface area contributed by atoms with E-state index in [-0.39, 0.29) is 0 Å². The lowest BCUT2D eigenvalue weighted by molar-refractivity contribution is 0.880. The predicted octanol–water partition coefficient (Wildman–Crippen LogP) is 8.64. The zero-order valence-corrected chi connectivity index (χ0v) is 21.5. The number of benzene rings is 5. The lowest BCUT2D eigenvalue weighted by Gasteiger charge is -2.32. The molecular formula is C35H25N4-. The second kappa shape index (κ2) is 9.66. The summed E-state index contributed by atoms with van der Waals surface area (Å²) in [5.41, 5.74) is 5.91. The number of amidine groups is 2. The van der Waals surface area contributed by atoms with E-state index in [9.17, 15) is 0 Å². The van der Waals surface area contributed by atoms with Crippen LogP contribution in [0, 0.1) is 6.92 Å². The molecule has 4 nitrogen and oxygen atoms in total. The standard InChI is InChI=1S/C35H25N4/c1-23-8-6-15-32(36-23)28-13-7-14-29(22-28)33-37-34(30-18-16-24-9-2-4-11-26(24)20-30)39-35(38-33)31-19-17-25-10-3-5-12-27(25)21-31/h2-22,34H,1H3/q-1. The lowest BCUT2D eigenvalue weighted by atomic mass is 10.0. The van der Waals surface area contributed by atoms with Gasteiger partial charge in [0.15, 0.2) is 0 Å². The van der Waals surface area contributed by atoms with E-state index < -0.39 is 6.17 Å². The molecule has 0 saturated heterocycles. The maximum absolute atomic E-state index is 5.06. The molecule has 0 saturated carbocycles. The summed E-state index contributed by atoms with van der Waals surface area (Å²) in [7, 11) is 0. The van der Waals surface area contributed by atoms with Crippen LogP contribution in [0.1, 0.15) is 28.6 Å². The first kappa shape index (κ1) is 23.1. The molecule has 0 fully saturated rings. The van der Waals surface area contributed by atoms with Crippen molar-refractivity contribution in [2.75, 3.05) is 0 Å². The molecule has 39 heavy (non-hydrogen) atoms. The van der Waals surface area contributed by atoms with Crippen LogP contribution in [0.2, 0.25) is 0 Å². The summed E-state index contributed by atoms with van der Waals surface area (Å²) < 4.78 is 0. The van der Waals surface area contributed by atoms with Crippen molar-refractivity contribution < 1.29 is 0 Å². The van der Waals surface area contributed by atoms with Gasteiger partial charge < -0.3 is 10.3 Å². The van der Waals surface area contributed by atoms with Gasteiger partial charge in [-0.1, -0.05) is 103 Å². The molecule has 0 bridgehead atoms. The number of aliphatic imine (C=N–C) groups is 2. The quantitative estimate of drug-likeness (QED) is 0.238. The lowest BCUT2D eigenvalue weighted by Crippen LogP contribution is -2.16. The van der Waals surface area contributed by atoms with Gasteiger partial charge in [0.1, 0.15) is 0 Å². The molecular weight excluding hydrogens is 476 g/mol. The molecule has 0 aliphatic carbocycles. The average Bonchev–Trinajstić information content (AvgIpc) is 3.00. The fraction of sp³-hybridized carbons (Fsp3) is 0.0571. The maximum Gasteiger partial charge on any atom is 0.0822 e. The van der Waals surface area contributed by atoms with Crippen LogP contribution in [-0.2, 0) is 0 Å². The normalized spacial score (nSPS) is 15.1. The molecule has 0 N–H and O–H groups in total. The van der Waals surface area contributed by atoms with E-state index >= 15 is 0 Å². The maximum atomic E-state index is 5.06. The highest BCUT2D eigenvalue weighted by Gasteiger charge is 2.15. The molecule has 7 rings (SSSR count). The van der Waals surface area contributed by atoms with Crippen molar-refractivity contribution in [3.05, 3.63) is 155 Å². The van der Waals surface area contributed by atoms with Gasteiger partial charge in [0.05, 0.1) is 17.7 Å². The van der Waals surface area contributed by atoms with Crippen LogP contribution < -0.4 is 0 Å². The summed E-state index contributed by atoms with van der Waals surface area (Å²) in [4.78, 5) is 14.8. The molecule has 1 unspecified atom stereocenters. The number of aromatic nitrogens is 1. The molecule has 2 heterocycles. The summed E-state index contributed by atoms with van der Waals surface area (Å²) >= 11 is 0. The van der Waals surface area contributed by atoms with Crippen LogP contribution in [-0.4, -0.2) is 16.7 Å². The molecule has 1 aromatic heterocycles. The van der Waals surface area contributed by atoms with E-state index in [4.69, 9.17) is 20.3 Å². The highest BCUT2D eigenvalue weighted by atomic mass is 15.2. The van der Waals surface area contributed by atoms with E-state index in [1.165, 1.54) is 16.2 Å². The first-order chi connectivity index (χ1) is 19.2. The molecule has 5 aromatic carbocycles. The molecule has 0 spiro atoms. The van der Waals surface area contributed by atoms with Crippen LogP contribution in [0.5, 0.6) is 0 Å². The largest absolute Gasteiger partial charge is 0.438 e. The number of pyridine rings is 1. The predicted molar refractivity (Wildman–Crippen MR) is 161 cm³/mol. The molecule has 0 amide bonds. The molecule has 1 aliphatic rings. The summed E-state index contributed by atoms with van der Waals surface area (Å²) in [5.74, 6) is 1.35. The monoisotopic (exact) mass is 501 g/mol. The van der Waals surface area contributed by atoms with Crippen molar-refractivity contribution in [3.8, 4) is 11.3 Å². The number of fused-ring (bicyclic) bond motifs is 2. The van der Waals surface area contributed by atoms with Gasteiger partial charge in [0.25, 0.3) is 0 Å². The fourth-order valence-electron chi connectivity index (χ4n) is 5.06.